The van der Waals surface area contributed by atoms with Crippen molar-refractivity contribution in [3.05, 3.63) is 12.7 Å². The molecule has 0 radical (unpaired) electrons. The van der Waals surface area contributed by atoms with E-state index in [0.717, 1.165) is 25.3 Å². The van der Waals surface area contributed by atoms with Crippen molar-refractivity contribution in [2.45, 2.75) is 38.4 Å². The van der Waals surface area contributed by atoms with Gasteiger partial charge in [0, 0.05) is 6.08 Å². The lowest BCUT2D eigenvalue weighted by atomic mass is 9.83. The van der Waals surface area contributed by atoms with E-state index in [0.29, 0.717) is 0 Å². The summed E-state index contributed by atoms with van der Waals surface area (Å²) in [4.78, 5) is 22.6. The zero-order valence-corrected chi connectivity index (χ0v) is 12.4. The van der Waals surface area contributed by atoms with Crippen molar-refractivity contribution in [2.24, 2.45) is 11.3 Å². The highest BCUT2D eigenvalue weighted by Gasteiger charge is 2.58. The molecule has 2 rings (SSSR count). The number of rotatable bonds is 6. The molecular formula is C13H17O7S-. The Hall–Kier alpha value is -1.25. The van der Waals surface area contributed by atoms with Crippen molar-refractivity contribution in [1.29, 1.82) is 0 Å². The fraction of sp³-hybridized carbons (Fsp3) is 0.692. The monoisotopic (exact) mass is 317 g/mol. The lowest BCUT2D eigenvalue weighted by molar-refractivity contribution is -0.167. The van der Waals surface area contributed by atoms with Crippen molar-refractivity contribution in [3.63, 3.8) is 0 Å². The highest BCUT2D eigenvalue weighted by Crippen LogP contribution is 2.56. The molecule has 2 aliphatic carbocycles. The van der Waals surface area contributed by atoms with E-state index in [4.69, 9.17) is 8.92 Å². The van der Waals surface area contributed by atoms with Crippen LogP contribution < -0.4 is 0 Å². The number of fused-ring (bicyclic) bond motifs is 2. The number of hydrogen-bond acceptors (Lipinski definition) is 7. The third kappa shape index (κ3) is 3.50. The molecule has 5 unspecified atom stereocenters. The van der Waals surface area contributed by atoms with Crippen LogP contribution in [0.3, 0.4) is 0 Å². The predicted octanol–water partition coefficient (Wildman–Crippen LogP) is 0.627. The van der Waals surface area contributed by atoms with Crippen LogP contribution in [-0.2, 0) is 34.6 Å². The lowest BCUT2D eigenvalue weighted by Gasteiger charge is -2.36. The molecule has 7 nitrogen and oxygen atoms in total. The summed E-state index contributed by atoms with van der Waals surface area (Å²) in [6.07, 6.45) is 2.06. The number of hydrogen-bond donors (Lipinski definition) is 0. The number of carbonyl (C=O) groups is 2. The average Bonchev–Trinajstić information content (AvgIpc) is 2.92. The second-order valence-corrected chi connectivity index (χ2v) is 6.24. The van der Waals surface area contributed by atoms with Crippen LogP contribution in [0.5, 0.6) is 0 Å². The molecule has 2 fully saturated rings. The highest BCUT2D eigenvalue weighted by molar-refractivity contribution is 7.74. The van der Waals surface area contributed by atoms with E-state index >= 15 is 0 Å². The Morgan fingerprint density at radius 2 is 2.24 bits per heavy atom. The maximum Gasteiger partial charge on any atom is 0.344 e. The Kier molecular flexibility index (Phi) is 4.80. The molecule has 8 heteroatoms. The van der Waals surface area contributed by atoms with E-state index in [9.17, 15) is 18.4 Å². The van der Waals surface area contributed by atoms with E-state index in [-0.39, 0.29) is 11.3 Å². The molecule has 0 N–H and O–H groups in total. The maximum atomic E-state index is 11.7. The van der Waals surface area contributed by atoms with Gasteiger partial charge in [-0.05, 0) is 30.6 Å². The van der Waals surface area contributed by atoms with Crippen LogP contribution >= 0.6 is 0 Å². The van der Waals surface area contributed by atoms with Gasteiger partial charge in [-0.25, -0.2) is 13.8 Å². The molecule has 21 heavy (non-hydrogen) atoms. The van der Waals surface area contributed by atoms with Crippen LogP contribution in [0.15, 0.2) is 12.7 Å². The molecule has 118 valence electrons. The minimum Gasteiger partial charge on any atom is -0.750 e. The average molecular weight is 317 g/mol. The molecule has 0 aromatic heterocycles. The van der Waals surface area contributed by atoms with Gasteiger partial charge in [-0.15, -0.1) is 0 Å². The van der Waals surface area contributed by atoms with Gasteiger partial charge in [0.25, 0.3) is 0 Å². The van der Waals surface area contributed by atoms with E-state index in [1.54, 1.807) is 0 Å². The fourth-order valence-corrected chi connectivity index (χ4v) is 3.80. The number of carbonyl (C=O) groups excluding carboxylic acids is 2. The standard InChI is InChI=1S/C13H18O7S/c1-3-9(14)18-7-10(15)19-11-8-4-5-13(2,6-8)12(11)20-21(16)17/h3,8,11-12H,1,4-7H2,2H3,(H,16,17)/p-1. The van der Waals surface area contributed by atoms with Gasteiger partial charge in [-0.3, -0.25) is 4.18 Å². The second kappa shape index (κ2) is 6.25. The first kappa shape index (κ1) is 16.1. The third-order valence-electron chi connectivity index (χ3n) is 4.21. The van der Waals surface area contributed by atoms with Crippen molar-refractivity contribution < 1.29 is 32.0 Å². The summed E-state index contributed by atoms with van der Waals surface area (Å²) in [5.41, 5.74) is -0.312. The summed E-state index contributed by atoms with van der Waals surface area (Å²) in [7, 11) is 0. The Morgan fingerprint density at radius 3 is 2.86 bits per heavy atom. The molecular weight excluding hydrogens is 300 g/mol. The maximum absolute atomic E-state index is 11.7. The summed E-state index contributed by atoms with van der Waals surface area (Å²) >= 11 is -2.67. The molecule has 0 amide bonds. The molecule has 2 bridgehead atoms. The Balaban J connectivity index is 1.97. The van der Waals surface area contributed by atoms with E-state index < -0.39 is 42.1 Å². The second-order valence-electron chi connectivity index (χ2n) is 5.64. The molecule has 5 atom stereocenters. The summed E-state index contributed by atoms with van der Waals surface area (Å²) in [5, 5.41) is 0. The van der Waals surface area contributed by atoms with Gasteiger partial charge in [0.15, 0.2) is 6.61 Å². The SMILES string of the molecule is C=CC(=O)OCC(=O)OC1C2CCC(C)(C2)C1OS(=O)[O-]. The van der Waals surface area contributed by atoms with Gasteiger partial charge >= 0.3 is 11.9 Å². The van der Waals surface area contributed by atoms with Gasteiger partial charge < -0.3 is 14.0 Å². The normalized spacial score (nSPS) is 35.2. The highest BCUT2D eigenvalue weighted by atomic mass is 32.2. The van der Waals surface area contributed by atoms with Gasteiger partial charge in [-0.2, -0.15) is 0 Å². The first-order valence-electron chi connectivity index (χ1n) is 6.61. The van der Waals surface area contributed by atoms with Crippen LogP contribution in [0.25, 0.3) is 0 Å². The fourth-order valence-electron chi connectivity index (χ4n) is 3.29. The molecule has 0 aliphatic heterocycles. The minimum absolute atomic E-state index is 0.0719. The predicted molar refractivity (Wildman–Crippen MR) is 70.3 cm³/mol. The lowest BCUT2D eigenvalue weighted by Crippen LogP contribution is -2.43. The summed E-state index contributed by atoms with van der Waals surface area (Å²) in [6, 6.07) is 0. The molecule has 2 saturated carbocycles. The van der Waals surface area contributed by atoms with Crippen LogP contribution in [0.2, 0.25) is 0 Å². The Labute approximate surface area is 125 Å². The summed E-state index contributed by atoms with van der Waals surface area (Å²) in [6.45, 7) is 4.61. The quantitative estimate of drug-likeness (QED) is 0.402. The molecule has 0 spiro atoms. The van der Waals surface area contributed by atoms with E-state index in [2.05, 4.69) is 11.3 Å². The first-order valence-corrected chi connectivity index (χ1v) is 7.61. The van der Waals surface area contributed by atoms with Gasteiger partial charge in [0.05, 0.1) is 11.4 Å². The zero-order chi connectivity index (χ0) is 15.6. The summed E-state index contributed by atoms with van der Waals surface area (Å²) in [5.74, 6) is -1.38. The Bertz CT molecular complexity index is 477. The number of ether oxygens (including phenoxy) is 2. The van der Waals surface area contributed by atoms with Crippen LogP contribution in [0, 0.1) is 11.3 Å². The topological polar surface area (TPSA) is 102 Å². The first-order chi connectivity index (χ1) is 9.85. The van der Waals surface area contributed by atoms with Gasteiger partial charge in [-0.1, -0.05) is 13.5 Å². The van der Waals surface area contributed by atoms with Crippen molar-refractivity contribution in [2.75, 3.05) is 6.61 Å². The van der Waals surface area contributed by atoms with Crippen molar-refractivity contribution in [1.82, 2.24) is 0 Å². The van der Waals surface area contributed by atoms with E-state index in [1.807, 2.05) is 6.92 Å². The van der Waals surface area contributed by atoms with Crippen molar-refractivity contribution in [3.8, 4) is 0 Å². The van der Waals surface area contributed by atoms with Crippen LogP contribution in [0.4, 0.5) is 0 Å². The van der Waals surface area contributed by atoms with Gasteiger partial charge in [0.2, 0.25) is 0 Å². The van der Waals surface area contributed by atoms with Crippen LogP contribution in [-0.4, -0.2) is 39.5 Å². The molecule has 0 saturated heterocycles. The molecule has 2 aliphatic rings. The zero-order valence-electron chi connectivity index (χ0n) is 11.6. The molecule has 0 aromatic rings. The van der Waals surface area contributed by atoms with Crippen molar-refractivity contribution >= 4 is 23.3 Å². The summed E-state index contributed by atoms with van der Waals surface area (Å²) < 4.78 is 36.4. The van der Waals surface area contributed by atoms with E-state index in [1.165, 1.54) is 0 Å². The number of esters is 2. The Morgan fingerprint density at radius 1 is 1.52 bits per heavy atom. The molecule has 0 aromatic carbocycles. The molecule has 0 heterocycles. The smallest absolute Gasteiger partial charge is 0.344 e. The van der Waals surface area contributed by atoms with Gasteiger partial charge in [0.1, 0.15) is 12.2 Å². The van der Waals surface area contributed by atoms with Crippen LogP contribution in [0.1, 0.15) is 26.2 Å². The minimum atomic E-state index is -2.67. The third-order valence-corrected chi connectivity index (χ3v) is 4.58. The largest absolute Gasteiger partial charge is 0.750 e.